The van der Waals surface area contributed by atoms with Gasteiger partial charge in [0.1, 0.15) is 13.2 Å². The first-order valence-corrected chi connectivity index (χ1v) is 25.6. The molecule has 0 aromatic heterocycles. The Morgan fingerprint density at radius 2 is 1.00 bits per heavy atom. The van der Waals surface area contributed by atoms with Gasteiger partial charge in [-0.2, -0.15) is 45.5 Å². The molecular formula is C58H70F6N4O6. The standard InChI is InChI=1S/2C28H35F3N2O.2CO2/c2*1-3-22-17-24(11-12-25(22)18-33-14-7-15-33)20(2)32-34-19-21-10-13-26(23-8-5-4-6-9-23)27(16-21)28(29,30)31;2*2-1-3/h2*10-13,16-17,23H,3-9,14-15,18-19H2,1-2H3;;/b2*32-20+;;/i19D2;18D2;;. The maximum absolute atomic E-state index is 13.9. The van der Waals surface area contributed by atoms with Gasteiger partial charge in [0.25, 0.3) is 0 Å². The Kier molecular flexibility index (Phi) is 20.9. The summed E-state index contributed by atoms with van der Waals surface area (Å²) in [5.74, 6) is -0.179. The van der Waals surface area contributed by atoms with Gasteiger partial charge in [-0.1, -0.05) is 111 Å². The second-order valence-corrected chi connectivity index (χ2v) is 19.0. The fourth-order valence-electron chi connectivity index (χ4n) is 9.73. The van der Waals surface area contributed by atoms with Crippen molar-refractivity contribution < 1.29 is 60.7 Å². The monoisotopic (exact) mass is 1040 g/mol. The molecule has 2 aliphatic heterocycles. The van der Waals surface area contributed by atoms with Crippen LogP contribution in [-0.2, 0) is 80.3 Å². The number of carbonyl (C=O) groups excluding carboxylic acids is 4. The van der Waals surface area contributed by atoms with E-state index in [-0.39, 0.29) is 41.9 Å². The van der Waals surface area contributed by atoms with E-state index < -0.39 is 36.5 Å². The van der Waals surface area contributed by atoms with Gasteiger partial charge < -0.3 is 9.68 Å². The number of hydrogen-bond donors (Lipinski definition) is 0. The average molecular weight is 1040 g/mol. The van der Waals surface area contributed by atoms with E-state index in [0.717, 1.165) is 133 Å². The molecule has 0 radical (unpaired) electrons. The first-order valence-electron chi connectivity index (χ1n) is 27.6. The molecule has 10 nitrogen and oxygen atoms in total. The number of nitrogens with zero attached hydrogens (tertiary/aromatic N) is 4. The quantitative estimate of drug-likeness (QED) is 0.0619. The van der Waals surface area contributed by atoms with Crippen LogP contribution in [0, 0.1) is 0 Å². The summed E-state index contributed by atoms with van der Waals surface area (Å²) >= 11 is 0. The first-order chi connectivity index (χ1) is 37.0. The third-order valence-electron chi connectivity index (χ3n) is 14.0. The molecule has 4 aromatic rings. The second-order valence-electron chi connectivity index (χ2n) is 19.0. The molecule has 0 atom stereocenters. The number of oxime groups is 2. The van der Waals surface area contributed by atoms with Crippen molar-refractivity contribution in [1.29, 1.82) is 0 Å². The van der Waals surface area contributed by atoms with Gasteiger partial charge in [0.2, 0.25) is 0 Å². The SMILES string of the molecule is O=C=O.O=C=O.[2H]C([2H])(O/N=C(\C)c1ccc(CN2CCC2)c(CC)c1)c1ccc(C2CCCCC2)c(C(F)(F)F)c1.[2H]C([2H])(c1ccc(/C(C)=N/OCc2ccc(C3CCCCC3)c(C(F)(F)F)c2)cc1CC)N1CCC1. The van der Waals surface area contributed by atoms with Crippen LogP contribution in [0.15, 0.2) is 83.1 Å². The van der Waals surface area contributed by atoms with Crippen molar-refractivity contribution in [2.24, 2.45) is 10.3 Å². The van der Waals surface area contributed by atoms with Gasteiger partial charge in [0.15, 0.2) is 0 Å². The van der Waals surface area contributed by atoms with Gasteiger partial charge in [-0.25, -0.2) is 0 Å². The first kappa shape index (κ1) is 52.9. The minimum Gasteiger partial charge on any atom is -0.391 e. The van der Waals surface area contributed by atoms with Gasteiger partial charge in [0, 0.05) is 15.8 Å². The lowest BCUT2D eigenvalue weighted by molar-refractivity contribution is -0.193. The Morgan fingerprint density at radius 1 is 0.568 bits per heavy atom. The van der Waals surface area contributed by atoms with E-state index in [9.17, 15) is 26.3 Å². The van der Waals surface area contributed by atoms with E-state index in [1.54, 1.807) is 26.0 Å². The molecule has 0 unspecified atom stereocenters. The maximum Gasteiger partial charge on any atom is 0.416 e. The zero-order valence-corrected chi connectivity index (χ0v) is 42.7. The highest BCUT2D eigenvalue weighted by Gasteiger charge is 2.37. The van der Waals surface area contributed by atoms with Crippen LogP contribution in [0.25, 0.3) is 0 Å². The molecule has 4 aliphatic rings. The molecular weight excluding hydrogens is 963 g/mol. The summed E-state index contributed by atoms with van der Waals surface area (Å²) in [6, 6.07) is 19.9. The van der Waals surface area contributed by atoms with Crippen LogP contribution in [0.5, 0.6) is 0 Å². The molecule has 2 saturated heterocycles. The van der Waals surface area contributed by atoms with Crippen molar-refractivity contribution in [3.8, 4) is 0 Å². The van der Waals surface area contributed by atoms with Crippen LogP contribution in [0.3, 0.4) is 0 Å². The van der Waals surface area contributed by atoms with Crippen LogP contribution in [0.2, 0.25) is 0 Å². The topological polar surface area (TPSA) is 118 Å². The van der Waals surface area contributed by atoms with Crippen molar-refractivity contribution in [1.82, 2.24) is 9.80 Å². The van der Waals surface area contributed by atoms with Crippen molar-refractivity contribution in [2.75, 3.05) is 26.2 Å². The van der Waals surface area contributed by atoms with Crippen LogP contribution in [0.1, 0.15) is 189 Å². The smallest absolute Gasteiger partial charge is 0.391 e. The molecule has 74 heavy (non-hydrogen) atoms. The molecule has 2 heterocycles. The van der Waals surface area contributed by atoms with E-state index in [1.165, 1.54) is 35.7 Å². The van der Waals surface area contributed by atoms with Crippen LogP contribution in [-0.4, -0.2) is 59.7 Å². The Balaban J connectivity index is 0.000000261. The number of likely N-dealkylation sites (tertiary alicyclic amines) is 2. The number of halogens is 6. The van der Waals surface area contributed by atoms with Crippen LogP contribution < -0.4 is 0 Å². The summed E-state index contributed by atoms with van der Waals surface area (Å²) in [5.41, 5.74) is 6.28. The number of hydrogen-bond acceptors (Lipinski definition) is 10. The summed E-state index contributed by atoms with van der Waals surface area (Å²) in [6.45, 7) is 8.17. The van der Waals surface area contributed by atoms with Crippen molar-refractivity contribution in [3.05, 3.63) is 140 Å². The molecule has 0 bridgehead atoms. The predicted molar refractivity (Wildman–Crippen MR) is 270 cm³/mol. The van der Waals surface area contributed by atoms with E-state index in [1.807, 2.05) is 42.2 Å². The minimum absolute atomic E-state index is 0.0337. The summed E-state index contributed by atoms with van der Waals surface area (Å²) in [4.78, 5) is 47.4. The Bertz CT molecular complexity index is 2730. The number of rotatable bonds is 16. The predicted octanol–water partition coefficient (Wildman–Crippen LogP) is 13.8. The van der Waals surface area contributed by atoms with Gasteiger partial charge in [-0.3, -0.25) is 9.80 Å². The minimum atomic E-state index is -4.56. The lowest BCUT2D eigenvalue weighted by Gasteiger charge is -2.31. The van der Waals surface area contributed by atoms with E-state index >= 15 is 0 Å². The fourth-order valence-corrected chi connectivity index (χ4v) is 9.73. The molecule has 0 N–H and O–H groups in total. The largest absolute Gasteiger partial charge is 0.416 e. The third kappa shape index (κ3) is 17.6. The molecule has 8 rings (SSSR count). The molecule has 0 spiro atoms. The average Bonchev–Trinajstić information content (AvgIpc) is 3.41. The number of benzene rings is 4. The summed E-state index contributed by atoms with van der Waals surface area (Å²) in [5, 5.41) is 8.14. The molecule has 2 aliphatic carbocycles. The number of alkyl halides is 6. The van der Waals surface area contributed by atoms with Crippen molar-refractivity contribution >= 4 is 23.7 Å². The molecule has 4 aromatic carbocycles. The van der Waals surface area contributed by atoms with Gasteiger partial charge in [-0.15, -0.1) is 0 Å². The van der Waals surface area contributed by atoms with E-state index in [4.69, 9.17) is 34.3 Å². The highest BCUT2D eigenvalue weighted by Crippen LogP contribution is 2.43. The molecule has 0 amide bonds. The molecule has 2 saturated carbocycles. The zero-order chi connectivity index (χ0) is 57.3. The molecule has 16 heteroatoms. The van der Waals surface area contributed by atoms with Gasteiger partial charge in [-0.05, 0) is 183 Å². The van der Waals surface area contributed by atoms with Gasteiger partial charge >= 0.3 is 24.7 Å². The Morgan fingerprint density at radius 3 is 1.45 bits per heavy atom. The highest BCUT2D eigenvalue weighted by molar-refractivity contribution is 5.99. The lowest BCUT2D eigenvalue weighted by atomic mass is 9.81. The fraction of sp³-hybridized carbons (Fsp3) is 0.517. The number of aryl methyl sites for hydroxylation is 2. The Labute approximate surface area is 437 Å². The third-order valence-corrected chi connectivity index (χ3v) is 14.0. The van der Waals surface area contributed by atoms with Crippen molar-refractivity contribution in [3.63, 3.8) is 0 Å². The highest BCUT2D eigenvalue weighted by atomic mass is 19.4. The Hall–Kier alpha value is -5.92. The summed E-state index contributed by atoms with van der Waals surface area (Å²) < 4.78 is 117. The normalized spacial score (nSPS) is 18.0. The summed E-state index contributed by atoms with van der Waals surface area (Å²) in [6.07, 6.45) is 4.31. The maximum atomic E-state index is 13.9. The van der Waals surface area contributed by atoms with Crippen LogP contribution >= 0.6 is 0 Å². The van der Waals surface area contributed by atoms with E-state index in [2.05, 4.69) is 28.2 Å². The van der Waals surface area contributed by atoms with Crippen molar-refractivity contribution in [2.45, 2.75) is 168 Å². The van der Waals surface area contributed by atoms with E-state index in [0.29, 0.717) is 34.5 Å². The molecule has 4 fully saturated rings. The summed E-state index contributed by atoms with van der Waals surface area (Å²) in [7, 11) is 0. The van der Waals surface area contributed by atoms with Crippen LogP contribution in [0.4, 0.5) is 26.3 Å². The van der Waals surface area contributed by atoms with Gasteiger partial charge in [0.05, 0.1) is 25.3 Å². The lowest BCUT2D eigenvalue weighted by Crippen LogP contribution is -2.36. The zero-order valence-electron chi connectivity index (χ0n) is 46.7. The second kappa shape index (κ2) is 29.2. The molecule has 400 valence electrons.